The smallest absolute Gasteiger partial charge is 0.451 e. The van der Waals surface area contributed by atoms with Gasteiger partial charge in [-0.25, -0.2) is 4.79 Å². The highest BCUT2D eigenvalue weighted by Gasteiger charge is 2.51. The van der Waals surface area contributed by atoms with Crippen LogP contribution in [0.15, 0.2) is 18.2 Å². The molecular formula is C15H23BN2O4. The quantitative estimate of drug-likeness (QED) is 0.455. The zero-order chi connectivity index (χ0) is 16.3. The molecule has 0 saturated heterocycles. The SMILES string of the molecule is CNC1(C(=O)O)c2ccc(CN)cc2CC1CCCB(O)O. The van der Waals surface area contributed by atoms with E-state index in [2.05, 4.69) is 5.32 Å². The molecule has 0 bridgehead atoms. The minimum atomic E-state index is -1.35. The number of nitrogens with one attached hydrogen (secondary N) is 1. The van der Waals surface area contributed by atoms with Crippen LogP contribution in [-0.4, -0.2) is 35.3 Å². The van der Waals surface area contributed by atoms with Gasteiger partial charge in [0.05, 0.1) is 0 Å². The zero-order valence-electron chi connectivity index (χ0n) is 12.7. The summed E-state index contributed by atoms with van der Waals surface area (Å²) in [6.07, 6.45) is 2.08. The average molecular weight is 306 g/mol. The topological polar surface area (TPSA) is 116 Å². The number of hydrogen-bond donors (Lipinski definition) is 5. The third-order valence-electron chi connectivity index (χ3n) is 4.66. The lowest BCUT2D eigenvalue weighted by Crippen LogP contribution is -2.51. The molecule has 2 unspecified atom stereocenters. The molecule has 1 aromatic rings. The third kappa shape index (κ3) is 2.89. The standard InChI is InChI=1S/C15H23BN2O4/c1-18-15(14(19)20)12(3-2-6-16(21)22)8-11-7-10(9-17)4-5-13(11)15/h4-5,7,12,18,21-22H,2-3,6,8-9,17H2,1H3,(H,19,20). The highest BCUT2D eigenvalue weighted by Crippen LogP contribution is 2.44. The molecule has 2 atom stereocenters. The average Bonchev–Trinajstić information content (AvgIpc) is 2.80. The first kappa shape index (κ1) is 17.0. The van der Waals surface area contributed by atoms with E-state index in [1.54, 1.807) is 7.05 Å². The Labute approximate surface area is 130 Å². The number of hydrogen-bond acceptors (Lipinski definition) is 5. The molecule has 6 N–H and O–H groups in total. The van der Waals surface area contributed by atoms with E-state index in [4.69, 9.17) is 15.8 Å². The van der Waals surface area contributed by atoms with Crippen LogP contribution < -0.4 is 11.1 Å². The largest absolute Gasteiger partial charge is 0.480 e. The van der Waals surface area contributed by atoms with E-state index in [-0.39, 0.29) is 12.2 Å². The molecule has 2 rings (SSSR count). The van der Waals surface area contributed by atoms with Gasteiger partial charge in [0.25, 0.3) is 0 Å². The highest BCUT2D eigenvalue weighted by molar-refractivity contribution is 6.40. The van der Waals surface area contributed by atoms with Crippen molar-refractivity contribution in [1.29, 1.82) is 0 Å². The Balaban J connectivity index is 2.33. The van der Waals surface area contributed by atoms with Crippen molar-refractivity contribution in [2.45, 2.75) is 37.7 Å². The summed E-state index contributed by atoms with van der Waals surface area (Å²) in [5, 5.41) is 30.8. The fraction of sp³-hybridized carbons (Fsp3) is 0.533. The van der Waals surface area contributed by atoms with Crippen molar-refractivity contribution < 1.29 is 19.9 Å². The summed E-state index contributed by atoms with van der Waals surface area (Å²) in [4.78, 5) is 12.0. The number of aliphatic carboxylic acids is 1. The van der Waals surface area contributed by atoms with E-state index >= 15 is 0 Å². The summed E-state index contributed by atoms with van der Waals surface area (Å²) in [6, 6.07) is 5.70. The van der Waals surface area contributed by atoms with Gasteiger partial charge in [0.2, 0.25) is 0 Å². The number of nitrogens with two attached hydrogens (primary N) is 1. The van der Waals surface area contributed by atoms with Gasteiger partial charge in [-0.15, -0.1) is 0 Å². The summed E-state index contributed by atoms with van der Waals surface area (Å²) in [5.41, 5.74) is 7.32. The third-order valence-corrected chi connectivity index (χ3v) is 4.66. The van der Waals surface area contributed by atoms with Crippen LogP contribution in [0.4, 0.5) is 0 Å². The maximum absolute atomic E-state index is 12.0. The Kier molecular flexibility index (Phi) is 5.23. The van der Waals surface area contributed by atoms with Crippen molar-refractivity contribution in [2.75, 3.05) is 7.05 Å². The van der Waals surface area contributed by atoms with Crippen LogP contribution in [0.2, 0.25) is 6.32 Å². The van der Waals surface area contributed by atoms with Crippen molar-refractivity contribution in [1.82, 2.24) is 5.32 Å². The van der Waals surface area contributed by atoms with Gasteiger partial charge in [-0.05, 0) is 48.8 Å². The fourth-order valence-electron chi connectivity index (χ4n) is 3.57. The summed E-state index contributed by atoms with van der Waals surface area (Å²) in [7, 11) is 0.315. The van der Waals surface area contributed by atoms with E-state index < -0.39 is 18.6 Å². The molecule has 6 nitrogen and oxygen atoms in total. The lowest BCUT2D eigenvalue weighted by atomic mass is 9.77. The number of carboxylic acids is 1. The molecule has 1 aliphatic carbocycles. The van der Waals surface area contributed by atoms with E-state index in [1.807, 2.05) is 18.2 Å². The molecule has 0 fully saturated rings. The minimum Gasteiger partial charge on any atom is -0.480 e. The first-order valence-corrected chi connectivity index (χ1v) is 7.56. The summed E-state index contributed by atoms with van der Waals surface area (Å²) < 4.78 is 0. The first-order valence-electron chi connectivity index (χ1n) is 7.56. The van der Waals surface area contributed by atoms with E-state index in [9.17, 15) is 9.90 Å². The van der Waals surface area contributed by atoms with Crippen LogP contribution in [-0.2, 0) is 23.3 Å². The Bertz CT molecular complexity index is 552. The van der Waals surface area contributed by atoms with E-state index in [0.717, 1.165) is 16.7 Å². The van der Waals surface area contributed by atoms with Crippen molar-refractivity contribution in [3.63, 3.8) is 0 Å². The van der Waals surface area contributed by atoms with Crippen LogP contribution in [0.1, 0.15) is 29.5 Å². The monoisotopic (exact) mass is 306 g/mol. The summed E-state index contributed by atoms with van der Waals surface area (Å²) in [5.74, 6) is -1.03. The molecule has 0 saturated carbocycles. The molecule has 1 aliphatic rings. The van der Waals surface area contributed by atoms with Crippen molar-refractivity contribution >= 4 is 13.1 Å². The Morgan fingerprint density at radius 1 is 1.50 bits per heavy atom. The van der Waals surface area contributed by atoms with Crippen LogP contribution >= 0.6 is 0 Å². The molecule has 0 aromatic heterocycles. The summed E-state index contributed by atoms with van der Waals surface area (Å²) >= 11 is 0. The Morgan fingerprint density at radius 2 is 2.23 bits per heavy atom. The second kappa shape index (κ2) is 6.79. The molecule has 0 spiro atoms. The molecule has 7 heteroatoms. The van der Waals surface area contributed by atoms with E-state index in [1.165, 1.54) is 0 Å². The lowest BCUT2D eigenvalue weighted by Gasteiger charge is -2.32. The molecular weight excluding hydrogens is 283 g/mol. The summed E-state index contributed by atoms with van der Waals surface area (Å²) in [6.45, 7) is 0.425. The van der Waals surface area contributed by atoms with Crippen molar-refractivity contribution in [2.24, 2.45) is 11.7 Å². The van der Waals surface area contributed by atoms with Gasteiger partial charge in [0.15, 0.2) is 0 Å². The maximum atomic E-state index is 12.0. The van der Waals surface area contributed by atoms with Crippen LogP contribution in [0.5, 0.6) is 0 Å². The Morgan fingerprint density at radius 3 is 2.77 bits per heavy atom. The predicted molar refractivity (Wildman–Crippen MR) is 84.1 cm³/mol. The van der Waals surface area contributed by atoms with Crippen LogP contribution in [0.25, 0.3) is 0 Å². The molecule has 120 valence electrons. The zero-order valence-corrected chi connectivity index (χ0v) is 12.7. The number of carbonyl (C=O) groups is 1. The predicted octanol–water partition coefficient (Wildman–Crippen LogP) is 0.0699. The second-order valence-electron chi connectivity index (χ2n) is 5.87. The number of likely N-dealkylation sites (N-methyl/N-ethyl adjacent to an activating group) is 1. The van der Waals surface area contributed by atoms with Gasteiger partial charge < -0.3 is 26.2 Å². The van der Waals surface area contributed by atoms with Crippen molar-refractivity contribution in [3.8, 4) is 0 Å². The van der Waals surface area contributed by atoms with Crippen LogP contribution in [0.3, 0.4) is 0 Å². The molecule has 0 amide bonds. The molecule has 0 radical (unpaired) electrons. The van der Waals surface area contributed by atoms with Gasteiger partial charge in [-0.2, -0.15) is 0 Å². The van der Waals surface area contributed by atoms with Gasteiger partial charge in [0, 0.05) is 6.54 Å². The Hall–Kier alpha value is -1.41. The van der Waals surface area contributed by atoms with Gasteiger partial charge in [-0.1, -0.05) is 24.6 Å². The highest BCUT2D eigenvalue weighted by atomic mass is 16.4. The second-order valence-corrected chi connectivity index (χ2v) is 5.87. The molecule has 22 heavy (non-hydrogen) atoms. The normalized spacial score (nSPS) is 23.4. The van der Waals surface area contributed by atoms with Crippen LogP contribution in [0, 0.1) is 5.92 Å². The number of rotatable bonds is 7. The van der Waals surface area contributed by atoms with Gasteiger partial charge in [0.1, 0.15) is 5.54 Å². The molecule has 0 aliphatic heterocycles. The van der Waals surface area contributed by atoms with Crippen molar-refractivity contribution in [3.05, 3.63) is 34.9 Å². The van der Waals surface area contributed by atoms with Gasteiger partial charge >= 0.3 is 13.1 Å². The minimum absolute atomic E-state index is 0.128. The van der Waals surface area contributed by atoms with Gasteiger partial charge in [-0.3, -0.25) is 0 Å². The lowest BCUT2D eigenvalue weighted by molar-refractivity contribution is -0.147. The first-order chi connectivity index (χ1) is 10.5. The molecule has 0 heterocycles. The maximum Gasteiger partial charge on any atom is 0.451 e. The molecule has 1 aromatic carbocycles. The number of fused-ring (bicyclic) bond motifs is 1. The fourth-order valence-corrected chi connectivity index (χ4v) is 3.57. The number of carboxylic acid groups (broad SMARTS) is 1. The number of benzene rings is 1. The van der Waals surface area contributed by atoms with E-state index in [0.29, 0.717) is 25.8 Å².